The number of hydrogen-bond donors (Lipinski definition) is 2. The van der Waals surface area contributed by atoms with Crippen molar-refractivity contribution in [3.05, 3.63) is 20.3 Å². The summed E-state index contributed by atoms with van der Waals surface area (Å²) >= 11 is 5.11. The fourth-order valence-electron chi connectivity index (χ4n) is 1.61. The van der Waals surface area contributed by atoms with Crippen LogP contribution in [0.15, 0.2) is 9.85 Å². The molecule has 1 aromatic heterocycles. The van der Waals surface area contributed by atoms with E-state index in [1.807, 2.05) is 6.92 Å². The van der Waals surface area contributed by atoms with Crippen molar-refractivity contribution in [1.29, 1.82) is 0 Å². The SMILES string of the molecule is CCS(=O)(=O)CCCC(NN)c1cc(C)c(Br)s1. The summed E-state index contributed by atoms with van der Waals surface area (Å²) in [4.78, 5) is 1.13. The van der Waals surface area contributed by atoms with E-state index in [1.165, 1.54) is 5.56 Å². The third-order valence-electron chi connectivity index (χ3n) is 2.81. The first-order valence-electron chi connectivity index (χ1n) is 5.82. The van der Waals surface area contributed by atoms with Crippen LogP contribution in [0.3, 0.4) is 0 Å². The van der Waals surface area contributed by atoms with Gasteiger partial charge >= 0.3 is 0 Å². The fraction of sp³-hybridized carbons (Fsp3) is 0.636. The van der Waals surface area contributed by atoms with Gasteiger partial charge in [0.2, 0.25) is 0 Å². The van der Waals surface area contributed by atoms with Crippen LogP contribution in [0.25, 0.3) is 0 Å². The Morgan fingerprint density at radius 3 is 2.67 bits per heavy atom. The number of aryl methyl sites for hydroxylation is 1. The lowest BCUT2D eigenvalue weighted by atomic mass is 10.1. The third-order valence-corrected chi connectivity index (χ3v) is 6.85. The summed E-state index contributed by atoms with van der Waals surface area (Å²) in [6.45, 7) is 3.70. The lowest BCUT2D eigenvalue weighted by molar-refractivity contribution is 0.514. The van der Waals surface area contributed by atoms with E-state index in [-0.39, 0.29) is 17.5 Å². The number of thiophene rings is 1. The minimum absolute atomic E-state index is 0.0204. The molecule has 4 nitrogen and oxygen atoms in total. The molecular formula is C11H19BrN2O2S2. The van der Waals surface area contributed by atoms with Crippen LogP contribution in [0.4, 0.5) is 0 Å². The molecule has 0 fully saturated rings. The second kappa shape index (κ2) is 7.00. The van der Waals surface area contributed by atoms with Gasteiger partial charge in [-0.15, -0.1) is 11.3 Å². The maximum absolute atomic E-state index is 11.4. The van der Waals surface area contributed by atoms with Crippen LogP contribution in [0.5, 0.6) is 0 Å². The Morgan fingerprint density at radius 2 is 2.22 bits per heavy atom. The Bertz CT molecular complexity index is 466. The molecule has 1 heterocycles. The predicted octanol–water partition coefficient (Wildman–Crippen LogP) is 2.54. The standard InChI is InChI=1S/C11H19BrN2O2S2/c1-3-18(15,16)6-4-5-9(14-13)10-7-8(2)11(12)17-10/h7,9,14H,3-6,13H2,1-2H3. The Hall–Kier alpha value is 0.0500. The van der Waals surface area contributed by atoms with Crippen molar-refractivity contribution in [2.24, 2.45) is 5.84 Å². The summed E-state index contributed by atoms with van der Waals surface area (Å²) in [5.74, 6) is 5.97. The first-order chi connectivity index (χ1) is 8.39. The number of nitrogens with one attached hydrogen (secondary N) is 1. The van der Waals surface area contributed by atoms with Crippen molar-refractivity contribution in [3.63, 3.8) is 0 Å². The Morgan fingerprint density at radius 1 is 1.56 bits per heavy atom. The van der Waals surface area contributed by atoms with Crippen molar-refractivity contribution in [2.45, 2.75) is 32.7 Å². The molecule has 0 aliphatic rings. The molecule has 0 bridgehead atoms. The second-order valence-corrected chi connectivity index (χ2v) is 9.08. The van der Waals surface area contributed by atoms with Crippen LogP contribution in [0.1, 0.15) is 36.2 Å². The van der Waals surface area contributed by atoms with E-state index in [2.05, 4.69) is 27.4 Å². The Kier molecular flexibility index (Phi) is 6.26. The number of sulfone groups is 1. The van der Waals surface area contributed by atoms with Crippen molar-refractivity contribution in [2.75, 3.05) is 11.5 Å². The van der Waals surface area contributed by atoms with Crippen LogP contribution in [0, 0.1) is 6.92 Å². The van der Waals surface area contributed by atoms with Gasteiger partial charge in [0, 0.05) is 10.6 Å². The van der Waals surface area contributed by atoms with Crippen LogP contribution in [-0.2, 0) is 9.84 Å². The number of halogens is 1. The maximum Gasteiger partial charge on any atom is 0.150 e. The molecule has 104 valence electrons. The van der Waals surface area contributed by atoms with Gasteiger partial charge < -0.3 is 0 Å². The van der Waals surface area contributed by atoms with Gasteiger partial charge in [-0.2, -0.15) is 0 Å². The van der Waals surface area contributed by atoms with Gasteiger partial charge in [0.15, 0.2) is 0 Å². The molecule has 18 heavy (non-hydrogen) atoms. The van der Waals surface area contributed by atoms with Crippen molar-refractivity contribution in [3.8, 4) is 0 Å². The summed E-state index contributed by atoms with van der Waals surface area (Å²) in [7, 11) is -2.88. The highest BCUT2D eigenvalue weighted by Gasteiger charge is 2.15. The molecule has 0 aromatic carbocycles. The molecule has 1 rings (SSSR count). The Balaban J connectivity index is 2.58. The highest BCUT2D eigenvalue weighted by atomic mass is 79.9. The smallest absolute Gasteiger partial charge is 0.150 e. The molecular weight excluding hydrogens is 336 g/mol. The van der Waals surface area contributed by atoms with Gasteiger partial charge in [-0.05, 0) is 47.3 Å². The fourth-order valence-corrected chi connectivity index (χ4v) is 4.18. The van der Waals surface area contributed by atoms with Crippen molar-refractivity contribution in [1.82, 2.24) is 5.43 Å². The highest BCUT2D eigenvalue weighted by Crippen LogP contribution is 2.32. The summed E-state index contributed by atoms with van der Waals surface area (Å²) in [5.41, 5.74) is 3.94. The van der Waals surface area contributed by atoms with Gasteiger partial charge in [0.05, 0.1) is 15.6 Å². The molecule has 0 radical (unpaired) electrons. The minimum Gasteiger partial charge on any atom is -0.271 e. The molecule has 1 aromatic rings. The topological polar surface area (TPSA) is 72.2 Å². The predicted molar refractivity (Wildman–Crippen MR) is 80.4 cm³/mol. The average molecular weight is 355 g/mol. The van der Waals surface area contributed by atoms with Gasteiger partial charge in [0.25, 0.3) is 0 Å². The summed E-state index contributed by atoms with van der Waals surface area (Å²) in [6, 6.07) is 2.10. The van der Waals surface area contributed by atoms with Crippen molar-refractivity contribution >= 4 is 37.1 Å². The lowest BCUT2D eigenvalue weighted by Gasteiger charge is -2.13. The molecule has 1 atom stereocenters. The van der Waals surface area contributed by atoms with Crippen LogP contribution in [-0.4, -0.2) is 19.9 Å². The third kappa shape index (κ3) is 4.62. The average Bonchev–Trinajstić information content (AvgIpc) is 2.65. The van der Waals surface area contributed by atoms with E-state index in [1.54, 1.807) is 18.3 Å². The highest BCUT2D eigenvalue weighted by molar-refractivity contribution is 9.11. The van der Waals surface area contributed by atoms with Crippen molar-refractivity contribution < 1.29 is 8.42 Å². The number of rotatable bonds is 7. The molecule has 0 saturated carbocycles. The summed E-state index contributed by atoms with van der Waals surface area (Å²) in [6.07, 6.45) is 1.35. The van der Waals surface area contributed by atoms with E-state index in [9.17, 15) is 8.42 Å². The quantitative estimate of drug-likeness (QED) is 0.582. The Labute approximate surface area is 121 Å². The molecule has 0 aliphatic carbocycles. The molecule has 0 spiro atoms. The minimum atomic E-state index is -2.88. The van der Waals surface area contributed by atoms with E-state index in [0.29, 0.717) is 6.42 Å². The second-order valence-electron chi connectivity index (χ2n) is 4.20. The first kappa shape index (κ1) is 16.1. The van der Waals surface area contributed by atoms with E-state index in [0.717, 1.165) is 15.1 Å². The summed E-state index contributed by atoms with van der Waals surface area (Å²) < 4.78 is 23.9. The maximum atomic E-state index is 11.4. The van der Waals surface area contributed by atoms with Gasteiger partial charge in [-0.25, -0.2) is 8.42 Å². The van der Waals surface area contributed by atoms with E-state index >= 15 is 0 Å². The molecule has 0 amide bonds. The molecule has 3 N–H and O–H groups in total. The monoisotopic (exact) mass is 354 g/mol. The molecule has 0 saturated heterocycles. The van der Waals surface area contributed by atoms with Gasteiger partial charge in [-0.1, -0.05) is 6.92 Å². The van der Waals surface area contributed by atoms with Crippen LogP contribution in [0.2, 0.25) is 0 Å². The first-order valence-corrected chi connectivity index (χ1v) is 9.25. The zero-order chi connectivity index (χ0) is 13.8. The zero-order valence-corrected chi connectivity index (χ0v) is 13.8. The normalized spacial score (nSPS) is 13.8. The number of nitrogens with two attached hydrogens (primary N) is 1. The summed E-state index contributed by atoms with van der Waals surface area (Å²) in [5, 5.41) is 0. The lowest BCUT2D eigenvalue weighted by Crippen LogP contribution is -2.27. The zero-order valence-electron chi connectivity index (χ0n) is 10.6. The largest absolute Gasteiger partial charge is 0.271 e. The van der Waals surface area contributed by atoms with Crippen LogP contribution < -0.4 is 11.3 Å². The molecule has 0 aliphatic heterocycles. The van der Waals surface area contributed by atoms with E-state index in [4.69, 9.17) is 5.84 Å². The molecule has 7 heteroatoms. The number of hydrazine groups is 1. The molecule has 1 unspecified atom stereocenters. The number of hydrogen-bond acceptors (Lipinski definition) is 5. The van der Waals surface area contributed by atoms with Gasteiger partial charge in [0.1, 0.15) is 9.84 Å². The van der Waals surface area contributed by atoms with Crippen LogP contribution >= 0.6 is 27.3 Å². The van der Waals surface area contributed by atoms with E-state index < -0.39 is 9.84 Å². The van der Waals surface area contributed by atoms with Gasteiger partial charge in [-0.3, -0.25) is 11.3 Å².